The number of rotatable bonds is 5. The van der Waals surface area contributed by atoms with Crippen molar-refractivity contribution in [3.8, 4) is 0 Å². The van der Waals surface area contributed by atoms with Gasteiger partial charge in [0.25, 0.3) is 5.91 Å². The van der Waals surface area contributed by atoms with Gasteiger partial charge < -0.3 is 10.0 Å². The van der Waals surface area contributed by atoms with Crippen LogP contribution >= 0.6 is 0 Å². The molecule has 0 spiro atoms. The van der Waals surface area contributed by atoms with Crippen LogP contribution in [0.3, 0.4) is 0 Å². The molecule has 2 atom stereocenters. The normalized spacial score (nSPS) is 20.0. The summed E-state index contributed by atoms with van der Waals surface area (Å²) >= 11 is 0. The molecule has 138 valence electrons. The number of piperidine rings is 1. The van der Waals surface area contributed by atoms with Crippen molar-refractivity contribution in [3.63, 3.8) is 0 Å². The second kappa shape index (κ2) is 7.53. The largest absolute Gasteiger partial charge is 0.480 e. The molecule has 1 fully saturated rings. The van der Waals surface area contributed by atoms with Gasteiger partial charge in [-0.25, -0.2) is 13.2 Å². The van der Waals surface area contributed by atoms with Crippen LogP contribution in [-0.4, -0.2) is 60.3 Å². The van der Waals surface area contributed by atoms with Gasteiger partial charge in [-0.3, -0.25) is 4.79 Å². The fourth-order valence-electron chi connectivity index (χ4n) is 2.90. The second-order valence-corrected chi connectivity index (χ2v) is 8.31. The van der Waals surface area contributed by atoms with E-state index in [1.54, 1.807) is 0 Å². The van der Waals surface area contributed by atoms with Crippen LogP contribution in [0, 0.1) is 0 Å². The fraction of sp³-hybridized carbons (Fsp3) is 0.529. The third-order valence-electron chi connectivity index (χ3n) is 4.69. The Morgan fingerprint density at radius 3 is 2.60 bits per heavy atom. The van der Waals surface area contributed by atoms with Crippen LogP contribution < -0.4 is 0 Å². The molecule has 0 saturated carbocycles. The first kappa shape index (κ1) is 19.4. The van der Waals surface area contributed by atoms with Crippen LogP contribution in [0.25, 0.3) is 0 Å². The van der Waals surface area contributed by atoms with Crippen molar-refractivity contribution in [2.75, 3.05) is 13.6 Å². The van der Waals surface area contributed by atoms with Crippen molar-refractivity contribution >= 4 is 21.9 Å². The van der Waals surface area contributed by atoms with Gasteiger partial charge in [-0.2, -0.15) is 4.31 Å². The Morgan fingerprint density at radius 1 is 1.32 bits per heavy atom. The molecule has 0 bridgehead atoms. The van der Waals surface area contributed by atoms with Gasteiger partial charge in [0.1, 0.15) is 6.04 Å². The molecule has 2 rings (SSSR count). The van der Waals surface area contributed by atoms with E-state index < -0.39 is 27.9 Å². The summed E-state index contributed by atoms with van der Waals surface area (Å²) in [5, 5.41) is 9.03. The summed E-state index contributed by atoms with van der Waals surface area (Å²) in [6.45, 7) is 3.75. The molecule has 1 aromatic rings. The molecule has 7 nitrogen and oxygen atoms in total. The zero-order chi connectivity index (χ0) is 18.8. The van der Waals surface area contributed by atoms with Gasteiger partial charge in [0.05, 0.1) is 4.90 Å². The Labute approximate surface area is 148 Å². The number of aliphatic carboxylic acids is 1. The summed E-state index contributed by atoms with van der Waals surface area (Å²) in [5.41, 5.74) is 0.154. The minimum Gasteiger partial charge on any atom is -0.480 e. The summed E-state index contributed by atoms with van der Waals surface area (Å²) in [6.07, 6.45) is 2.64. The van der Waals surface area contributed by atoms with Gasteiger partial charge in [-0.05, 0) is 44.9 Å². The third kappa shape index (κ3) is 4.01. The Morgan fingerprint density at radius 2 is 2.00 bits per heavy atom. The van der Waals surface area contributed by atoms with E-state index in [9.17, 15) is 18.0 Å². The van der Waals surface area contributed by atoms with Crippen LogP contribution in [-0.2, 0) is 14.8 Å². The Balaban J connectivity index is 2.32. The lowest BCUT2D eigenvalue weighted by Gasteiger charge is -2.32. The van der Waals surface area contributed by atoms with Crippen molar-refractivity contribution in [3.05, 3.63) is 29.8 Å². The Kier molecular flexibility index (Phi) is 5.84. The second-order valence-electron chi connectivity index (χ2n) is 6.42. The number of carbonyl (C=O) groups is 2. The molecule has 1 N–H and O–H groups in total. The molecule has 1 aromatic carbocycles. The van der Waals surface area contributed by atoms with E-state index in [-0.39, 0.29) is 16.5 Å². The van der Waals surface area contributed by atoms with Crippen LogP contribution in [0.5, 0.6) is 0 Å². The number of carboxylic acids is 1. The number of likely N-dealkylation sites (N-methyl/N-ethyl adjacent to an activating group) is 1. The zero-order valence-electron chi connectivity index (χ0n) is 14.7. The summed E-state index contributed by atoms with van der Waals surface area (Å²) in [7, 11) is -2.30. The SMILES string of the molecule is CC(C(=O)O)N(C)C(=O)c1cccc(S(=O)(=O)N2CCCCC2C)c1. The molecule has 0 aromatic heterocycles. The quantitative estimate of drug-likeness (QED) is 0.855. The maximum Gasteiger partial charge on any atom is 0.326 e. The van der Waals surface area contributed by atoms with Crippen molar-refractivity contribution in [2.24, 2.45) is 0 Å². The number of benzene rings is 1. The summed E-state index contributed by atoms with van der Waals surface area (Å²) < 4.78 is 27.3. The monoisotopic (exact) mass is 368 g/mol. The lowest BCUT2D eigenvalue weighted by Crippen LogP contribution is -2.42. The molecule has 1 heterocycles. The van der Waals surface area contributed by atoms with Crippen LogP contribution in [0.4, 0.5) is 0 Å². The van der Waals surface area contributed by atoms with Gasteiger partial charge in [0, 0.05) is 25.2 Å². The van der Waals surface area contributed by atoms with Crippen molar-refractivity contribution in [1.82, 2.24) is 9.21 Å². The molecule has 8 heteroatoms. The highest BCUT2D eigenvalue weighted by atomic mass is 32.2. The average Bonchev–Trinajstić information content (AvgIpc) is 2.60. The topological polar surface area (TPSA) is 95.0 Å². The van der Waals surface area contributed by atoms with Gasteiger partial charge in [0.2, 0.25) is 10.0 Å². The molecular weight excluding hydrogens is 344 g/mol. The van der Waals surface area contributed by atoms with Crippen molar-refractivity contribution in [1.29, 1.82) is 0 Å². The first-order valence-corrected chi connectivity index (χ1v) is 9.72. The lowest BCUT2D eigenvalue weighted by atomic mass is 10.1. The number of sulfonamides is 1. The Bertz CT molecular complexity index is 762. The summed E-state index contributed by atoms with van der Waals surface area (Å²) in [6, 6.07) is 4.71. The molecule has 25 heavy (non-hydrogen) atoms. The van der Waals surface area contributed by atoms with E-state index in [2.05, 4.69) is 0 Å². The number of hydrogen-bond acceptors (Lipinski definition) is 4. The molecule has 0 aliphatic carbocycles. The number of carbonyl (C=O) groups excluding carboxylic acids is 1. The van der Waals surface area contributed by atoms with Crippen molar-refractivity contribution in [2.45, 2.75) is 50.1 Å². The van der Waals surface area contributed by atoms with Gasteiger partial charge in [0.15, 0.2) is 0 Å². The van der Waals surface area contributed by atoms with Gasteiger partial charge in [-0.15, -0.1) is 0 Å². The fourth-order valence-corrected chi connectivity index (χ4v) is 4.64. The Hall–Kier alpha value is -1.93. The van der Waals surface area contributed by atoms with E-state index in [0.29, 0.717) is 6.54 Å². The standard InChI is InChI=1S/C17H24N2O5S/c1-12-7-4-5-10-19(12)25(23,24)15-9-6-8-14(11-15)16(20)18(3)13(2)17(21)22/h6,8-9,11-13H,4-5,7,10H2,1-3H3,(H,21,22). The minimum atomic E-state index is -3.68. The maximum atomic E-state index is 12.9. The first-order valence-electron chi connectivity index (χ1n) is 8.28. The van der Waals surface area contributed by atoms with E-state index in [1.165, 1.54) is 42.5 Å². The van der Waals surface area contributed by atoms with E-state index >= 15 is 0 Å². The highest BCUT2D eigenvalue weighted by Crippen LogP contribution is 2.25. The number of hydrogen-bond donors (Lipinski definition) is 1. The molecule has 1 aliphatic heterocycles. The maximum absolute atomic E-state index is 12.9. The highest BCUT2D eigenvalue weighted by Gasteiger charge is 2.31. The molecular formula is C17H24N2O5S. The minimum absolute atomic E-state index is 0.0588. The average molecular weight is 368 g/mol. The molecule has 1 aliphatic rings. The predicted molar refractivity (Wildman–Crippen MR) is 92.8 cm³/mol. The van der Waals surface area contributed by atoms with E-state index in [1.807, 2.05) is 6.92 Å². The zero-order valence-corrected chi connectivity index (χ0v) is 15.5. The number of nitrogens with zero attached hydrogens (tertiary/aromatic N) is 2. The van der Waals surface area contributed by atoms with E-state index in [0.717, 1.165) is 24.2 Å². The molecule has 1 saturated heterocycles. The third-order valence-corrected chi connectivity index (χ3v) is 6.70. The lowest BCUT2D eigenvalue weighted by molar-refractivity contribution is -0.141. The first-order chi connectivity index (χ1) is 11.7. The predicted octanol–water partition coefficient (Wildman–Crippen LogP) is 1.79. The van der Waals surface area contributed by atoms with Crippen LogP contribution in [0.15, 0.2) is 29.2 Å². The number of amides is 1. The molecule has 1 amide bonds. The van der Waals surface area contributed by atoms with Crippen LogP contribution in [0.2, 0.25) is 0 Å². The van der Waals surface area contributed by atoms with Crippen molar-refractivity contribution < 1.29 is 23.1 Å². The van der Waals surface area contributed by atoms with Gasteiger partial charge in [-0.1, -0.05) is 12.5 Å². The molecule has 0 radical (unpaired) electrons. The molecule has 2 unspecified atom stereocenters. The van der Waals surface area contributed by atoms with Crippen LogP contribution in [0.1, 0.15) is 43.5 Å². The van der Waals surface area contributed by atoms with E-state index in [4.69, 9.17) is 5.11 Å². The number of carboxylic acid groups (broad SMARTS) is 1. The smallest absolute Gasteiger partial charge is 0.326 e. The van der Waals surface area contributed by atoms with Gasteiger partial charge >= 0.3 is 5.97 Å². The summed E-state index contributed by atoms with van der Waals surface area (Å²) in [5.74, 6) is -1.65. The highest BCUT2D eigenvalue weighted by molar-refractivity contribution is 7.89. The summed E-state index contributed by atoms with van der Waals surface area (Å²) in [4.78, 5) is 24.7.